The van der Waals surface area contributed by atoms with Gasteiger partial charge < -0.3 is 19.9 Å². The van der Waals surface area contributed by atoms with Gasteiger partial charge >= 0.3 is 6.03 Å². The zero-order chi connectivity index (χ0) is 27.6. The molecule has 0 aromatic heterocycles. The van der Waals surface area contributed by atoms with E-state index in [9.17, 15) is 14.4 Å². The lowest BCUT2D eigenvalue weighted by molar-refractivity contribution is -0.188. The number of rotatable bonds is 7. The predicted molar refractivity (Wildman–Crippen MR) is 145 cm³/mol. The number of benzene rings is 2. The molecule has 2 aromatic carbocycles. The van der Waals surface area contributed by atoms with Crippen molar-refractivity contribution in [1.29, 1.82) is 0 Å². The standard InChI is InChI=1S/C27H33Cl2N5O4/c1-17(2)11-23-26(36)32(14-19-7-8-20(28)12-22(19)29)15-24-33(23)25(35)16-31(3)34(24)27(37)30-13-18-5-9-21(38-4)10-6-18/h5-10,12,17,23-24H,11,13-16H2,1-4H3,(H,30,37)/t23-,24-/m0/s1. The summed E-state index contributed by atoms with van der Waals surface area (Å²) in [5.41, 5.74) is 1.65. The number of amides is 4. The SMILES string of the molecule is COc1ccc(CNC(=O)N2[C@H]3CN(Cc4ccc(Cl)cc4Cl)C(=O)[C@H](CC(C)C)N3C(=O)CN2C)cc1. The second kappa shape index (κ2) is 11.8. The van der Waals surface area contributed by atoms with Gasteiger partial charge in [-0.15, -0.1) is 0 Å². The average molecular weight is 562 g/mol. The third kappa shape index (κ3) is 6.00. The van der Waals surface area contributed by atoms with Crippen LogP contribution in [0.3, 0.4) is 0 Å². The Bertz CT molecular complexity index is 1190. The van der Waals surface area contributed by atoms with Crippen LogP contribution >= 0.6 is 23.2 Å². The van der Waals surface area contributed by atoms with Crippen LogP contribution in [0.2, 0.25) is 10.0 Å². The highest BCUT2D eigenvalue weighted by Gasteiger charge is 2.50. The first-order valence-corrected chi connectivity index (χ1v) is 13.3. The fourth-order valence-electron chi connectivity index (χ4n) is 4.98. The van der Waals surface area contributed by atoms with Gasteiger partial charge in [0.05, 0.1) is 20.2 Å². The first-order chi connectivity index (χ1) is 18.1. The molecule has 0 aliphatic carbocycles. The summed E-state index contributed by atoms with van der Waals surface area (Å²) in [6.45, 7) is 4.71. The Morgan fingerprint density at radius 1 is 1.13 bits per heavy atom. The van der Waals surface area contributed by atoms with Crippen molar-refractivity contribution >= 4 is 41.0 Å². The average Bonchev–Trinajstić information content (AvgIpc) is 2.86. The zero-order valence-electron chi connectivity index (χ0n) is 22.0. The molecule has 2 atom stereocenters. The molecule has 38 heavy (non-hydrogen) atoms. The maximum absolute atomic E-state index is 13.7. The monoisotopic (exact) mass is 561 g/mol. The summed E-state index contributed by atoms with van der Waals surface area (Å²) in [6.07, 6.45) is -0.179. The number of hydrogen-bond acceptors (Lipinski definition) is 5. The Morgan fingerprint density at radius 3 is 2.47 bits per heavy atom. The van der Waals surface area contributed by atoms with Gasteiger partial charge in [-0.25, -0.2) is 14.8 Å². The van der Waals surface area contributed by atoms with E-state index in [0.717, 1.165) is 16.9 Å². The molecule has 2 saturated heterocycles. The Labute approximate surface area is 233 Å². The number of halogens is 2. The second-order valence-electron chi connectivity index (χ2n) is 10.0. The molecule has 0 radical (unpaired) electrons. The number of carbonyl (C=O) groups is 3. The molecule has 0 saturated carbocycles. The molecule has 4 rings (SSSR count). The first-order valence-electron chi connectivity index (χ1n) is 12.5. The van der Waals surface area contributed by atoms with Crippen LogP contribution in [0, 0.1) is 5.92 Å². The van der Waals surface area contributed by atoms with E-state index in [1.807, 2.05) is 38.1 Å². The first kappa shape index (κ1) is 28.0. The van der Waals surface area contributed by atoms with Crippen molar-refractivity contribution in [3.8, 4) is 5.75 Å². The van der Waals surface area contributed by atoms with Gasteiger partial charge in [0.2, 0.25) is 11.8 Å². The Balaban J connectivity index is 1.60. The Hall–Kier alpha value is -3.01. The van der Waals surface area contributed by atoms with Crippen molar-refractivity contribution in [2.75, 3.05) is 27.2 Å². The summed E-state index contributed by atoms with van der Waals surface area (Å²) in [6, 6.07) is 11.5. The smallest absolute Gasteiger partial charge is 0.334 e. The lowest BCUT2D eigenvalue weighted by atomic mass is 9.96. The minimum absolute atomic E-state index is 0.00264. The lowest BCUT2D eigenvalue weighted by Crippen LogP contribution is -2.75. The van der Waals surface area contributed by atoms with E-state index in [4.69, 9.17) is 27.9 Å². The van der Waals surface area contributed by atoms with Crippen LogP contribution in [-0.4, -0.2) is 77.1 Å². The minimum Gasteiger partial charge on any atom is -0.497 e. The number of hydrazine groups is 1. The summed E-state index contributed by atoms with van der Waals surface area (Å²) in [5, 5.41) is 7.08. The zero-order valence-corrected chi connectivity index (χ0v) is 23.5. The highest BCUT2D eigenvalue weighted by Crippen LogP contribution is 2.31. The van der Waals surface area contributed by atoms with Crippen LogP contribution in [0.25, 0.3) is 0 Å². The Kier molecular flexibility index (Phi) is 8.70. The van der Waals surface area contributed by atoms with Gasteiger partial charge in [-0.2, -0.15) is 0 Å². The quantitative estimate of drug-likeness (QED) is 0.552. The summed E-state index contributed by atoms with van der Waals surface area (Å²) >= 11 is 12.5. The molecular formula is C27H33Cl2N5O4. The van der Waals surface area contributed by atoms with Gasteiger partial charge in [-0.3, -0.25) is 9.59 Å². The van der Waals surface area contributed by atoms with Gasteiger partial charge in [0.15, 0.2) is 0 Å². The number of nitrogens with one attached hydrogen (secondary N) is 1. The molecule has 2 aliphatic heterocycles. The number of hydrogen-bond donors (Lipinski definition) is 1. The third-order valence-electron chi connectivity index (χ3n) is 6.82. The number of piperazine rings is 1. The normalized spacial score (nSPS) is 20.1. The summed E-state index contributed by atoms with van der Waals surface area (Å²) in [5.74, 6) is 0.555. The molecule has 204 valence electrons. The van der Waals surface area contributed by atoms with Crippen molar-refractivity contribution in [2.24, 2.45) is 5.92 Å². The van der Waals surface area contributed by atoms with Crippen LogP contribution < -0.4 is 10.1 Å². The summed E-state index contributed by atoms with van der Waals surface area (Å²) < 4.78 is 5.20. The maximum atomic E-state index is 13.7. The fraction of sp³-hybridized carbons (Fsp3) is 0.444. The maximum Gasteiger partial charge on any atom is 0.334 e. The van der Waals surface area contributed by atoms with E-state index in [1.54, 1.807) is 52.2 Å². The molecule has 2 aliphatic rings. The molecule has 4 amide bonds. The number of ether oxygens (including phenoxy) is 1. The number of likely N-dealkylation sites (N-methyl/N-ethyl adjacent to an activating group) is 1. The number of carbonyl (C=O) groups excluding carboxylic acids is 3. The molecule has 2 fully saturated rings. The molecule has 11 heteroatoms. The molecular weight excluding hydrogens is 529 g/mol. The van der Waals surface area contributed by atoms with Gasteiger partial charge in [-0.05, 0) is 47.7 Å². The van der Waals surface area contributed by atoms with E-state index in [1.165, 1.54) is 0 Å². The van der Waals surface area contributed by atoms with Crippen LogP contribution in [0.5, 0.6) is 5.75 Å². The third-order valence-corrected chi connectivity index (χ3v) is 7.41. The van der Waals surface area contributed by atoms with Crippen molar-refractivity contribution < 1.29 is 19.1 Å². The van der Waals surface area contributed by atoms with Gasteiger partial charge in [0.1, 0.15) is 18.0 Å². The Morgan fingerprint density at radius 2 is 1.84 bits per heavy atom. The number of methoxy groups -OCH3 is 1. The van der Waals surface area contributed by atoms with Crippen molar-refractivity contribution in [3.63, 3.8) is 0 Å². The molecule has 9 nitrogen and oxygen atoms in total. The number of urea groups is 1. The molecule has 0 bridgehead atoms. The van der Waals surface area contributed by atoms with E-state index < -0.39 is 12.2 Å². The van der Waals surface area contributed by atoms with Crippen molar-refractivity contribution in [3.05, 3.63) is 63.6 Å². The van der Waals surface area contributed by atoms with E-state index in [-0.39, 0.29) is 43.4 Å². The molecule has 2 heterocycles. The van der Waals surface area contributed by atoms with E-state index in [2.05, 4.69) is 5.32 Å². The molecule has 0 spiro atoms. The highest BCUT2D eigenvalue weighted by atomic mass is 35.5. The van der Waals surface area contributed by atoms with Crippen LogP contribution in [0.15, 0.2) is 42.5 Å². The molecule has 1 N–H and O–H groups in total. The van der Waals surface area contributed by atoms with Gasteiger partial charge in [-0.1, -0.05) is 55.2 Å². The second-order valence-corrected chi connectivity index (χ2v) is 10.9. The number of fused-ring (bicyclic) bond motifs is 1. The van der Waals surface area contributed by atoms with Crippen LogP contribution in [-0.2, 0) is 22.7 Å². The van der Waals surface area contributed by atoms with Crippen LogP contribution in [0.4, 0.5) is 4.79 Å². The van der Waals surface area contributed by atoms with Crippen molar-refractivity contribution in [1.82, 2.24) is 25.1 Å². The lowest BCUT2D eigenvalue weighted by Gasteiger charge is -2.54. The van der Waals surface area contributed by atoms with Gasteiger partial charge in [0, 0.05) is 30.2 Å². The van der Waals surface area contributed by atoms with E-state index in [0.29, 0.717) is 23.0 Å². The van der Waals surface area contributed by atoms with Gasteiger partial charge in [0.25, 0.3) is 0 Å². The minimum atomic E-state index is -0.682. The van der Waals surface area contributed by atoms with Crippen molar-refractivity contribution in [2.45, 2.75) is 45.6 Å². The summed E-state index contributed by atoms with van der Waals surface area (Å²) in [7, 11) is 3.30. The van der Waals surface area contributed by atoms with Crippen LogP contribution in [0.1, 0.15) is 31.4 Å². The highest BCUT2D eigenvalue weighted by molar-refractivity contribution is 6.35. The summed E-state index contributed by atoms with van der Waals surface area (Å²) in [4.78, 5) is 43.7. The number of nitrogens with zero attached hydrogens (tertiary/aromatic N) is 4. The van der Waals surface area contributed by atoms with E-state index >= 15 is 0 Å². The fourth-order valence-corrected chi connectivity index (χ4v) is 5.45. The topological polar surface area (TPSA) is 85.4 Å². The predicted octanol–water partition coefficient (Wildman–Crippen LogP) is 3.99. The molecule has 2 aromatic rings. The largest absolute Gasteiger partial charge is 0.497 e. The molecule has 0 unspecified atom stereocenters.